The number of amides is 1. The molecule has 27 heavy (non-hydrogen) atoms. The Balaban J connectivity index is 1.44. The average molecular weight is 369 g/mol. The minimum absolute atomic E-state index is 0.0523. The molecule has 1 aliphatic rings. The standard InChI is InChI=1S/C21H23NO5/c1-2-3-6-15-9-11-16(12-10-15)22-20(23)14-26-21(24)19-13-25-17-7-4-5-8-18(17)27-19/h4-5,7-12,19H,2-3,6,13-14H2,1H3,(H,22,23). The van der Waals surface area contributed by atoms with Gasteiger partial charge in [0, 0.05) is 5.69 Å². The number of ether oxygens (including phenoxy) is 3. The molecule has 1 N–H and O–H groups in total. The van der Waals surface area contributed by atoms with Gasteiger partial charge in [0.25, 0.3) is 5.91 Å². The molecule has 142 valence electrons. The second-order valence-electron chi connectivity index (χ2n) is 6.32. The van der Waals surface area contributed by atoms with Crippen LogP contribution in [0.4, 0.5) is 5.69 Å². The zero-order chi connectivity index (χ0) is 19.1. The van der Waals surface area contributed by atoms with Gasteiger partial charge in [-0.25, -0.2) is 4.79 Å². The number of anilines is 1. The average Bonchev–Trinajstić information content (AvgIpc) is 2.71. The first kappa shape index (κ1) is 18.8. The van der Waals surface area contributed by atoms with Gasteiger partial charge in [-0.15, -0.1) is 0 Å². The van der Waals surface area contributed by atoms with Gasteiger partial charge in [0.1, 0.15) is 6.61 Å². The number of para-hydroxylation sites is 2. The highest BCUT2D eigenvalue weighted by Gasteiger charge is 2.29. The largest absolute Gasteiger partial charge is 0.485 e. The molecule has 1 heterocycles. The molecular weight excluding hydrogens is 346 g/mol. The number of hydrogen-bond acceptors (Lipinski definition) is 5. The SMILES string of the molecule is CCCCc1ccc(NC(=O)COC(=O)C2COc3ccccc3O2)cc1. The third-order valence-corrected chi connectivity index (χ3v) is 4.17. The van der Waals surface area contributed by atoms with Crippen molar-refractivity contribution in [3.8, 4) is 11.5 Å². The van der Waals surface area contributed by atoms with Crippen molar-refractivity contribution in [1.82, 2.24) is 0 Å². The molecule has 0 bridgehead atoms. The molecule has 0 radical (unpaired) electrons. The summed E-state index contributed by atoms with van der Waals surface area (Å²) in [5, 5.41) is 2.71. The van der Waals surface area contributed by atoms with E-state index in [-0.39, 0.29) is 13.2 Å². The van der Waals surface area contributed by atoms with E-state index in [0.29, 0.717) is 17.2 Å². The number of fused-ring (bicyclic) bond motifs is 1. The van der Waals surface area contributed by atoms with Crippen LogP contribution >= 0.6 is 0 Å². The van der Waals surface area contributed by atoms with Crippen molar-refractivity contribution in [2.75, 3.05) is 18.5 Å². The number of hydrogen-bond donors (Lipinski definition) is 1. The highest BCUT2D eigenvalue weighted by Crippen LogP contribution is 2.31. The van der Waals surface area contributed by atoms with Gasteiger partial charge in [-0.2, -0.15) is 0 Å². The first-order chi connectivity index (χ1) is 13.2. The minimum atomic E-state index is -0.884. The normalized spacial score (nSPS) is 15.1. The van der Waals surface area contributed by atoms with Gasteiger partial charge >= 0.3 is 5.97 Å². The lowest BCUT2D eigenvalue weighted by molar-refractivity contribution is -0.156. The van der Waals surface area contributed by atoms with Crippen LogP contribution in [0.1, 0.15) is 25.3 Å². The molecule has 0 fully saturated rings. The van der Waals surface area contributed by atoms with E-state index < -0.39 is 18.0 Å². The summed E-state index contributed by atoms with van der Waals surface area (Å²) in [6, 6.07) is 14.8. The van der Waals surface area contributed by atoms with Crippen molar-refractivity contribution in [1.29, 1.82) is 0 Å². The number of carbonyl (C=O) groups is 2. The van der Waals surface area contributed by atoms with Gasteiger partial charge in [-0.3, -0.25) is 4.79 Å². The molecule has 2 aromatic rings. The monoisotopic (exact) mass is 369 g/mol. The van der Waals surface area contributed by atoms with Crippen molar-refractivity contribution in [3.05, 3.63) is 54.1 Å². The summed E-state index contributed by atoms with van der Waals surface area (Å²) < 4.78 is 16.1. The summed E-state index contributed by atoms with van der Waals surface area (Å²) in [4.78, 5) is 24.1. The molecule has 2 aromatic carbocycles. The Morgan fingerprint density at radius 2 is 1.85 bits per heavy atom. The van der Waals surface area contributed by atoms with Crippen LogP contribution in [0.15, 0.2) is 48.5 Å². The lowest BCUT2D eigenvalue weighted by atomic mass is 10.1. The fourth-order valence-electron chi connectivity index (χ4n) is 2.70. The lowest BCUT2D eigenvalue weighted by Crippen LogP contribution is -2.39. The van der Waals surface area contributed by atoms with E-state index in [1.165, 1.54) is 5.56 Å². The molecule has 0 spiro atoms. The summed E-state index contributed by atoms with van der Waals surface area (Å²) >= 11 is 0. The van der Waals surface area contributed by atoms with Crippen molar-refractivity contribution in [2.24, 2.45) is 0 Å². The van der Waals surface area contributed by atoms with E-state index in [4.69, 9.17) is 14.2 Å². The summed E-state index contributed by atoms with van der Waals surface area (Å²) in [6.45, 7) is 1.83. The van der Waals surface area contributed by atoms with Crippen molar-refractivity contribution < 1.29 is 23.8 Å². The van der Waals surface area contributed by atoms with Gasteiger partial charge in [0.2, 0.25) is 6.10 Å². The molecule has 1 atom stereocenters. The van der Waals surface area contributed by atoms with Crippen LogP contribution in [-0.2, 0) is 20.7 Å². The van der Waals surface area contributed by atoms with Crippen molar-refractivity contribution >= 4 is 17.6 Å². The predicted octanol–water partition coefficient (Wildman–Crippen LogP) is 3.35. The van der Waals surface area contributed by atoms with E-state index in [2.05, 4.69) is 12.2 Å². The van der Waals surface area contributed by atoms with Crippen LogP contribution in [0.2, 0.25) is 0 Å². The summed E-state index contributed by atoms with van der Waals surface area (Å²) in [6.07, 6.45) is 2.42. The molecule has 6 heteroatoms. The summed E-state index contributed by atoms with van der Waals surface area (Å²) in [5.41, 5.74) is 1.90. The van der Waals surface area contributed by atoms with E-state index in [0.717, 1.165) is 19.3 Å². The Morgan fingerprint density at radius 3 is 2.59 bits per heavy atom. The second kappa shape index (κ2) is 9.07. The molecular formula is C21H23NO5. The second-order valence-corrected chi connectivity index (χ2v) is 6.32. The number of esters is 1. The van der Waals surface area contributed by atoms with Crippen LogP contribution in [0.5, 0.6) is 11.5 Å². The van der Waals surface area contributed by atoms with Crippen LogP contribution in [-0.4, -0.2) is 31.2 Å². The topological polar surface area (TPSA) is 73.9 Å². The molecule has 0 saturated heterocycles. The van der Waals surface area contributed by atoms with Crippen molar-refractivity contribution in [2.45, 2.75) is 32.3 Å². The van der Waals surface area contributed by atoms with Gasteiger partial charge in [-0.1, -0.05) is 37.6 Å². The van der Waals surface area contributed by atoms with Gasteiger partial charge < -0.3 is 19.5 Å². The number of aryl methyl sites for hydroxylation is 1. The summed E-state index contributed by atoms with van der Waals surface area (Å²) in [7, 11) is 0. The number of carbonyl (C=O) groups excluding carboxylic acids is 2. The molecule has 3 rings (SSSR count). The molecule has 1 unspecified atom stereocenters. The van der Waals surface area contributed by atoms with Crippen LogP contribution in [0.25, 0.3) is 0 Å². The first-order valence-corrected chi connectivity index (χ1v) is 9.09. The van der Waals surface area contributed by atoms with Gasteiger partial charge in [-0.05, 0) is 42.7 Å². The molecule has 0 aliphatic carbocycles. The number of unbranched alkanes of at least 4 members (excludes halogenated alkanes) is 1. The van der Waals surface area contributed by atoms with Gasteiger partial charge in [0.15, 0.2) is 18.1 Å². The Bertz CT molecular complexity index is 787. The lowest BCUT2D eigenvalue weighted by Gasteiger charge is -2.24. The maximum atomic E-state index is 12.1. The third kappa shape index (κ3) is 5.23. The van der Waals surface area contributed by atoms with E-state index in [1.54, 1.807) is 18.2 Å². The van der Waals surface area contributed by atoms with E-state index in [1.807, 2.05) is 30.3 Å². The highest BCUT2D eigenvalue weighted by molar-refractivity contribution is 5.93. The van der Waals surface area contributed by atoms with Crippen LogP contribution < -0.4 is 14.8 Å². The smallest absolute Gasteiger partial charge is 0.351 e. The van der Waals surface area contributed by atoms with E-state index in [9.17, 15) is 9.59 Å². The minimum Gasteiger partial charge on any atom is -0.485 e. The quantitative estimate of drug-likeness (QED) is 0.758. The highest BCUT2D eigenvalue weighted by atomic mass is 16.6. The number of benzene rings is 2. The van der Waals surface area contributed by atoms with Crippen LogP contribution in [0, 0.1) is 0 Å². The fraction of sp³-hybridized carbons (Fsp3) is 0.333. The zero-order valence-electron chi connectivity index (χ0n) is 15.3. The maximum Gasteiger partial charge on any atom is 0.351 e. The number of nitrogens with one attached hydrogen (secondary N) is 1. The molecule has 1 amide bonds. The predicted molar refractivity (Wildman–Crippen MR) is 101 cm³/mol. The molecule has 0 saturated carbocycles. The first-order valence-electron chi connectivity index (χ1n) is 9.09. The summed E-state index contributed by atoms with van der Waals surface area (Å²) in [5.74, 6) is 0.0383. The third-order valence-electron chi connectivity index (χ3n) is 4.17. The molecule has 1 aliphatic heterocycles. The Hall–Kier alpha value is -3.02. The maximum absolute atomic E-state index is 12.1. The Labute approximate surface area is 158 Å². The van der Waals surface area contributed by atoms with Crippen molar-refractivity contribution in [3.63, 3.8) is 0 Å². The Morgan fingerprint density at radius 1 is 1.11 bits per heavy atom. The number of rotatable bonds is 7. The van der Waals surface area contributed by atoms with Crippen LogP contribution in [0.3, 0.4) is 0 Å². The molecule has 6 nitrogen and oxygen atoms in total. The molecule has 0 aromatic heterocycles. The Kier molecular flexibility index (Phi) is 6.30. The van der Waals surface area contributed by atoms with E-state index >= 15 is 0 Å². The van der Waals surface area contributed by atoms with Gasteiger partial charge in [0.05, 0.1) is 0 Å². The zero-order valence-corrected chi connectivity index (χ0v) is 15.3. The fourth-order valence-corrected chi connectivity index (χ4v) is 2.70.